The highest BCUT2D eigenvalue weighted by Crippen LogP contribution is 2.17. The number of hydrogen-bond acceptors (Lipinski definition) is 5. The van der Waals surface area contributed by atoms with Gasteiger partial charge in [-0.2, -0.15) is 12.6 Å². The summed E-state index contributed by atoms with van der Waals surface area (Å²) in [5.74, 6) is 0. The lowest BCUT2D eigenvalue weighted by atomic mass is 10.6. The first-order valence-corrected chi connectivity index (χ1v) is 8.25. The van der Waals surface area contributed by atoms with Crippen LogP contribution in [0.4, 0.5) is 0 Å². The van der Waals surface area contributed by atoms with Crippen LogP contribution in [0.1, 0.15) is 6.42 Å². The topological polar surface area (TPSA) is 53.7 Å². The summed E-state index contributed by atoms with van der Waals surface area (Å²) >= 11 is 4.35. The van der Waals surface area contributed by atoms with Gasteiger partial charge in [0, 0.05) is 32.2 Å². The molecule has 0 aliphatic rings. The van der Waals surface area contributed by atoms with Gasteiger partial charge in [0.15, 0.2) is 0 Å². The molecule has 0 fully saturated rings. The molecule has 0 aromatic rings. The number of thiol groups is 1. The van der Waals surface area contributed by atoms with Crippen molar-refractivity contribution in [2.45, 2.75) is 17.3 Å². The summed E-state index contributed by atoms with van der Waals surface area (Å²) in [5, 5.41) is 5.58. The average molecular weight is 241 g/mol. The highest BCUT2D eigenvalue weighted by molar-refractivity contribution is 7.82. The molecular weight excluding hydrogens is 222 g/mol. The third kappa shape index (κ3) is 4.59. The zero-order chi connectivity index (χ0) is 10.3. The van der Waals surface area contributed by atoms with Crippen molar-refractivity contribution in [3.8, 4) is 0 Å². The van der Waals surface area contributed by atoms with Crippen LogP contribution in [0.15, 0.2) is 0 Å². The Balaban J connectivity index is 3.95. The molecule has 0 spiro atoms. The van der Waals surface area contributed by atoms with Gasteiger partial charge in [-0.25, -0.2) is 0 Å². The van der Waals surface area contributed by atoms with E-state index in [2.05, 4.69) is 12.6 Å². The molecule has 0 aliphatic heterocycles. The molecule has 0 bridgehead atoms. The normalized spacial score (nSPS) is 15.5. The second-order valence-corrected chi connectivity index (χ2v) is 8.69. The summed E-state index contributed by atoms with van der Waals surface area (Å²) in [5.41, 5.74) is 0. The van der Waals surface area contributed by atoms with E-state index in [0.29, 0.717) is 4.87 Å². The monoisotopic (exact) mass is 241 g/mol. The minimum atomic E-state index is -2.38. The van der Waals surface area contributed by atoms with Crippen LogP contribution in [0.25, 0.3) is 0 Å². The first kappa shape index (κ1) is 13.6. The van der Waals surface area contributed by atoms with E-state index in [4.69, 9.17) is 18.7 Å². The van der Waals surface area contributed by atoms with E-state index in [9.17, 15) is 0 Å². The largest absolute Gasteiger partial charge is 0.500 e. The molecule has 0 aromatic carbocycles. The van der Waals surface area contributed by atoms with E-state index in [0.717, 1.165) is 12.5 Å². The van der Waals surface area contributed by atoms with E-state index >= 15 is 0 Å². The van der Waals surface area contributed by atoms with Crippen molar-refractivity contribution >= 4 is 31.1 Å². The Labute approximate surface area is 88.8 Å². The first-order valence-electron chi connectivity index (χ1n) is 4.17. The Hall–Kier alpha value is 0.624. The SMILES string of the molecule is CO[Si](CCC(S)[SiH2]N)(OC)OC. The van der Waals surface area contributed by atoms with Gasteiger partial charge in [-0.3, -0.25) is 0 Å². The summed E-state index contributed by atoms with van der Waals surface area (Å²) in [7, 11) is 1.94. The molecule has 4 nitrogen and oxygen atoms in total. The van der Waals surface area contributed by atoms with Crippen LogP contribution in [-0.4, -0.2) is 44.7 Å². The van der Waals surface area contributed by atoms with Crippen LogP contribution in [0.3, 0.4) is 0 Å². The Bertz CT molecular complexity index is 129. The molecule has 0 radical (unpaired) electrons. The molecule has 2 N–H and O–H groups in total. The lowest BCUT2D eigenvalue weighted by molar-refractivity contribution is 0.123. The Morgan fingerprint density at radius 1 is 1.31 bits per heavy atom. The maximum Gasteiger partial charge on any atom is 0.500 e. The molecule has 0 amide bonds. The van der Waals surface area contributed by atoms with Crippen LogP contribution in [0.2, 0.25) is 6.04 Å². The van der Waals surface area contributed by atoms with Crippen molar-refractivity contribution in [2.75, 3.05) is 21.3 Å². The fourth-order valence-corrected chi connectivity index (χ4v) is 4.05. The third-order valence-corrected chi connectivity index (χ3v) is 6.60. The van der Waals surface area contributed by atoms with Gasteiger partial charge in [0.25, 0.3) is 0 Å². The molecule has 1 atom stereocenters. The molecule has 80 valence electrons. The van der Waals surface area contributed by atoms with Gasteiger partial charge in [-0.15, -0.1) is 0 Å². The fraction of sp³-hybridized carbons (Fsp3) is 1.00. The van der Waals surface area contributed by atoms with E-state index in [1.807, 2.05) is 0 Å². The van der Waals surface area contributed by atoms with Crippen molar-refractivity contribution in [1.29, 1.82) is 0 Å². The van der Waals surface area contributed by atoms with Crippen LogP contribution in [0, 0.1) is 0 Å². The molecule has 13 heavy (non-hydrogen) atoms. The number of hydrogen-bond donors (Lipinski definition) is 2. The van der Waals surface area contributed by atoms with Gasteiger partial charge in [0.05, 0.1) is 0 Å². The van der Waals surface area contributed by atoms with Crippen LogP contribution < -0.4 is 5.40 Å². The maximum atomic E-state index is 5.58. The fourth-order valence-electron chi connectivity index (χ4n) is 1.02. The lowest BCUT2D eigenvalue weighted by Gasteiger charge is -2.25. The zero-order valence-corrected chi connectivity index (χ0v) is 11.8. The van der Waals surface area contributed by atoms with E-state index < -0.39 is 18.5 Å². The van der Waals surface area contributed by atoms with Gasteiger partial charge >= 0.3 is 8.80 Å². The van der Waals surface area contributed by atoms with Crippen molar-refractivity contribution in [2.24, 2.45) is 5.40 Å². The smallest absolute Gasteiger partial charge is 0.377 e. The molecule has 0 saturated carbocycles. The minimum Gasteiger partial charge on any atom is -0.377 e. The number of rotatable bonds is 7. The summed E-state index contributed by atoms with van der Waals surface area (Å²) in [6, 6.07) is 0.787. The summed E-state index contributed by atoms with van der Waals surface area (Å²) in [6.45, 7) is 0. The van der Waals surface area contributed by atoms with Gasteiger partial charge in [-0.05, 0) is 6.42 Å². The van der Waals surface area contributed by atoms with Crippen molar-refractivity contribution in [3.05, 3.63) is 0 Å². The van der Waals surface area contributed by atoms with Gasteiger partial charge in [0.2, 0.25) is 0 Å². The standard InChI is InChI=1S/C6H19NO3SSi2/c1-8-13(9-2,10-3)5-4-6(11)12-7/h6,11H,4-5,7,12H2,1-3H3. The third-order valence-electron chi connectivity index (χ3n) is 1.99. The molecule has 0 aromatic heterocycles. The van der Waals surface area contributed by atoms with E-state index in [1.165, 1.54) is 0 Å². The molecule has 0 saturated heterocycles. The van der Waals surface area contributed by atoms with Crippen molar-refractivity contribution < 1.29 is 13.3 Å². The molecule has 0 aliphatic carbocycles. The molecule has 0 heterocycles. The molecule has 0 rings (SSSR count). The van der Waals surface area contributed by atoms with Crippen LogP contribution in [0.5, 0.6) is 0 Å². The molecule has 1 unspecified atom stereocenters. The predicted octanol–water partition coefficient (Wildman–Crippen LogP) is -0.447. The second-order valence-electron chi connectivity index (χ2n) is 2.72. The van der Waals surface area contributed by atoms with Crippen LogP contribution in [-0.2, 0) is 13.3 Å². The Morgan fingerprint density at radius 2 is 1.77 bits per heavy atom. The molecular formula is C6H19NO3SSi2. The first-order chi connectivity index (χ1) is 6.14. The van der Waals surface area contributed by atoms with Crippen LogP contribution >= 0.6 is 12.6 Å². The maximum absolute atomic E-state index is 5.58. The highest BCUT2D eigenvalue weighted by atomic mass is 32.1. The second kappa shape index (κ2) is 6.99. The average Bonchev–Trinajstić information content (AvgIpc) is 2.20. The van der Waals surface area contributed by atoms with E-state index in [1.54, 1.807) is 21.3 Å². The molecule has 7 heteroatoms. The Kier molecular flexibility index (Phi) is 7.32. The van der Waals surface area contributed by atoms with Gasteiger partial charge in [-0.1, -0.05) is 0 Å². The lowest BCUT2D eigenvalue weighted by Crippen LogP contribution is -2.43. The summed E-state index contributed by atoms with van der Waals surface area (Å²) in [4.78, 5) is 0.326. The minimum absolute atomic E-state index is 0.326. The van der Waals surface area contributed by atoms with Gasteiger partial charge < -0.3 is 18.7 Å². The highest BCUT2D eigenvalue weighted by Gasteiger charge is 2.37. The summed E-state index contributed by atoms with van der Waals surface area (Å²) < 4.78 is 15.8. The quantitative estimate of drug-likeness (QED) is 0.468. The predicted molar refractivity (Wildman–Crippen MR) is 61.7 cm³/mol. The number of nitrogens with two attached hydrogens (primary N) is 1. The Morgan fingerprint density at radius 3 is 2.08 bits per heavy atom. The zero-order valence-electron chi connectivity index (χ0n) is 8.45. The summed E-state index contributed by atoms with van der Waals surface area (Å²) in [6.07, 6.45) is 0.910. The van der Waals surface area contributed by atoms with Crippen molar-refractivity contribution in [3.63, 3.8) is 0 Å². The van der Waals surface area contributed by atoms with Crippen molar-refractivity contribution in [1.82, 2.24) is 0 Å². The van der Waals surface area contributed by atoms with E-state index in [-0.39, 0.29) is 0 Å². The van der Waals surface area contributed by atoms with Gasteiger partial charge in [0.1, 0.15) is 9.68 Å².